The summed E-state index contributed by atoms with van der Waals surface area (Å²) in [5, 5.41) is 3.50. The summed E-state index contributed by atoms with van der Waals surface area (Å²) in [6.45, 7) is 10.6. The van der Waals surface area contributed by atoms with E-state index in [2.05, 4.69) is 19.2 Å². The minimum absolute atomic E-state index is 0.0482. The average molecular weight is 394 g/mol. The third-order valence-corrected chi connectivity index (χ3v) is 4.78. The van der Waals surface area contributed by atoms with Crippen LogP contribution >= 0.6 is 0 Å². The molecule has 1 heterocycles. The molecule has 0 bridgehead atoms. The molecule has 1 amide bonds. The van der Waals surface area contributed by atoms with Crippen LogP contribution in [-0.2, 0) is 11.3 Å². The molecule has 1 aromatic heterocycles. The number of hydrogen-bond acceptors (Lipinski definition) is 3. The van der Waals surface area contributed by atoms with Gasteiger partial charge in [-0.05, 0) is 23.6 Å². The zero-order valence-electron chi connectivity index (χ0n) is 18.0. The molecule has 1 unspecified atom stereocenters. The molecule has 3 aromatic rings. The van der Waals surface area contributed by atoms with Gasteiger partial charge < -0.3 is 5.32 Å². The Kier molecular flexibility index (Phi) is 8.13. The van der Waals surface area contributed by atoms with Crippen LogP contribution in [0.3, 0.4) is 0 Å². The zero-order valence-corrected chi connectivity index (χ0v) is 18.0. The van der Waals surface area contributed by atoms with Gasteiger partial charge in [0.2, 0.25) is 5.91 Å². The number of aromatic nitrogens is 2. The summed E-state index contributed by atoms with van der Waals surface area (Å²) in [4.78, 5) is 29.6. The number of hydrogen-bond donors (Lipinski definition) is 1. The second-order valence-electron chi connectivity index (χ2n) is 7.15. The first-order valence-electron chi connectivity index (χ1n) is 10.2. The largest absolute Gasteiger partial charge is 0.356 e. The van der Waals surface area contributed by atoms with E-state index in [4.69, 9.17) is 4.98 Å². The van der Waals surface area contributed by atoms with Gasteiger partial charge in [0, 0.05) is 19.4 Å². The average Bonchev–Trinajstić information content (AvgIpc) is 2.72. The summed E-state index contributed by atoms with van der Waals surface area (Å²) in [6.07, 6.45) is 0. The molecule has 0 aliphatic heterocycles. The van der Waals surface area contributed by atoms with Crippen molar-refractivity contribution in [2.75, 3.05) is 6.54 Å². The van der Waals surface area contributed by atoms with E-state index in [1.165, 1.54) is 6.92 Å². The lowest BCUT2D eigenvalue weighted by atomic mass is 9.94. The van der Waals surface area contributed by atoms with Gasteiger partial charge in [0.15, 0.2) is 0 Å². The van der Waals surface area contributed by atoms with E-state index >= 15 is 0 Å². The van der Waals surface area contributed by atoms with Crippen molar-refractivity contribution in [3.05, 3.63) is 76.3 Å². The Balaban J connectivity index is 0.00000145. The molecule has 29 heavy (non-hydrogen) atoms. The molecule has 2 aromatic carbocycles. The number of fused-ring (bicyclic) bond motifs is 1. The third kappa shape index (κ3) is 5.53. The monoisotopic (exact) mass is 393 g/mol. The van der Waals surface area contributed by atoms with Crippen LogP contribution in [0.15, 0.2) is 59.4 Å². The molecule has 0 saturated heterocycles. The fourth-order valence-corrected chi connectivity index (χ4v) is 3.27. The SMILES string of the molecule is CC.CC(=O)NCC(c1nc2ccccc2c(=O)n1Cc1ccccc1)C(C)C. The van der Waals surface area contributed by atoms with Crippen molar-refractivity contribution >= 4 is 16.8 Å². The molecule has 0 aliphatic carbocycles. The highest BCUT2D eigenvalue weighted by molar-refractivity contribution is 5.77. The predicted octanol–water partition coefficient (Wildman–Crippen LogP) is 4.35. The molecule has 0 saturated carbocycles. The van der Waals surface area contributed by atoms with Crippen LogP contribution in [0, 0.1) is 5.92 Å². The van der Waals surface area contributed by atoms with Gasteiger partial charge >= 0.3 is 0 Å². The Morgan fingerprint density at radius 3 is 2.28 bits per heavy atom. The van der Waals surface area contributed by atoms with Crippen LogP contribution in [0.5, 0.6) is 0 Å². The van der Waals surface area contributed by atoms with Gasteiger partial charge in [0.25, 0.3) is 5.56 Å². The third-order valence-electron chi connectivity index (χ3n) is 4.78. The summed E-state index contributed by atoms with van der Waals surface area (Å²) in [5.41, 5.74) is 1.68. The van der Waals surface area contributed by atoms with Gasteiger partial charge in [-0.1, -0.05) is 70.2 Å². The highest BCUT2D eigenvalue weighted by Crippen LogP contribution is 2.24. The normalized spacial score (nSPS) is 11.7. The maximum absolute atomic E-state index is 13.3. The van der Waals surface area contributed by atoms with Gasteiger partial charge in [-0.3, -0.25) is 14.2 Å². The predicted molar refractivity (Wildman–Crippen MR) is 119 cm³/mol. The van der Waals surface area contributed by atoms with Crippen molar-refractivity contribution < 1.29 is 4.79 Å². The van der Waals surface area contributed by atoms with Crippen molar-refractivity contribution in [3.63, 3.8) is 0 Å². The maximum Gasteiger partial charge on any atom is 0.261 e. The zero-order chi connectivity index (χ0) is 21.4. The van der Waals surface area contributed by atoms with E-state index < -0.39 is 0 Å². The first-order valence-corrected chi connectivity index (χ1v) is 10.2. The lowest BCUT2D eigenvalue weighted by molar-refractivity contribution is -0.119. The fourth-order valence-electron chi connectivity index (χ4n) is 3.27. The first-order chi connectivity index (χ1) is 14.0. The summed E-state index contributed by atoms with van der Waals surface area (Å²) in [7, 11) is 0. The van der Waals surface area contributed by atoms with Crippen molar-refractivity contribution in [3.8, 4) is 0 Å². The Morgan fingerprint density at radius 2 is 1.66 bits per heavy atom. The molecule has 0 spiro atoms. The Morgan fingerprint density at radius 1 is 1.03 bits per heavy atom. The van der Waals surface area contributed by atoms with Crippen molar-refractivity contribution in [2.24, 2.45) is 5.92 Å². The molecule has 0 fully saturated rings. The second kappa shape index (κ2) is 10.6. The summed E-state index contributed by atoms with van der Waals surface area (Å²) < 4.78 is 1.75. The Hall–Kier alpha value is -2.95. The van der Waals surface area contributed by atoms with Crippen LogP contribution in [0.25, 0.3) is 10.9 Å². The van der Waals surface area contributed by atoms with Gasteiger partial charge in [-0.2, -0.15) is 0 Å². The molecule has 1 atom stereocenters. The van der Waals surface area contributed by atoms with Crippen molar-refractivity contribution in [2.45, 2.75) is 47.1 Å². The highest BCUT2D eigenvalue weighted by Gasteiger charge is 2.23. The molecular formula is C24H31N3O2. The molecule has 5 heteroatoms. The number of carbonyl (C=O) groups excluding carboxylic acids is 1. The van der Waals surface area contributed by atoms with E-state index in [9.17, 15) is 9.59 Å². The van der Waals surface area contributed by atoms with Crippen LogP contribution in [-0.4, -0.2) is 22.0 Å². The van der Waals surface area contributed by atoms with E-state index in [1.807, 2.05) is 68.4 Å². The topological polar surface area (TPSA) is 64.0 Å². The molecule has 3 rings (SSSR count). The summed E-state index contributed by atoms with van der Waals surface area (Å²) >= 11 is 0. The number of nitrogens with one attached hydrogen (secondary N) is 1. The molecule has 1 N–H and O–H groups in total. The van der Waals surface area contributed by atoms with Gasteiger partial charge in [0.05, 0.1) is 17.4 Å². The molecule has 154 valence electrons. The molecule has 5 nitrogen and oxygen atoms in total. The van der Waals surface area contributed by atoms with Crippen LogP contribution < -0.4 is 10.9 Å². The van der Waals surface area contributed by atoms with Crippen molar-refractivity contribution in [1.29, 1.82) is 0 Å². The van der Waals surface area contributed by atoms with Gasteiger partial charge in [-0.15, -0.1) is 0 Å². The first kappa shape index (κ1) is 22.3. The van der Waals surface area contributed by atoms with Crippen LogP contribution in [0.1, 0.15) is 51.9 Å². The minimum Gasteiger partial charge on any atom is -0.356 e. The minimum atomic E-state index is -0.0848. The maximum atomic E-state index is 13.3. The summed E-state index contributed by atoms with van der Waals surface area (Å²) in [6, 6.07) is 17.3. The van der Waals surface area contributed by atoms with Crippen LogP contribution in [0.4, 0.5) is 0 Å². The number of carbonyl (C=O) groups is 1. The smallest absolute Gasteiger partial charge is 0.261 e. The lowest BCUT2D eigenvalue weighted by Crippen LogP contribution is -2.34. The number of rotatable bonds is 6. The van der Waals surface area contributed by atoms with E-state index in [0.29, 0.717) is 29.8 Å². The number of para-hydroxylation sites is 1. The number of benzene rings is 2. The molecular weight excluding hydrogens is 362 g/mol. The fraction of sp³-hybridized carbons (Fsp3) is 0.375. The molecule has 0 aliphatic rings. The number of amides is 1. The summed E-state index contributed by atoms with van der Waals surface area (Å²) in [5.74, 6) is 0.784. The number of nitrogens with zero attached hydrogens (tertiary/aromatic N) is 2. The standard InChI is InChI=1S/C22H25N3O2.C2H6/c1-15(2)19(13-23-16(3)26)21-24-20-12-8-7-11-18(20)22(27)25(21)14-17-9-5-4-6-10-17;1-2/h4-12,15,19H,13-14H2,1-3H3,(H,23,26);1-2H3. The van der Waals surface area contributed by atoms with E-state index in [-0.39, 0.29) is 23.3 Å². The van der Waals surface area contributed by atoms with Gasteiger partial charge in [-0.25, -0.2) is 4.98 Å². The molecule has 0 radical (unpaired) electrons. The van der Waals surface area contributed by atoms with Crippen LogP contribution in [0.2, 0.25) is 0 Å². The Labute approximate surface area is 172 Å². The lowest BCUT2D eigenvalue weighted by Gasteiger charge is -2.24. The highest BCUT2D eigenvalue weighted by atomic mass is 16.1. The quantitative estimate of drug-likeness (QED) is 0.677. The van der Waals surface area contributed by atoms with E-state index in [0.717, 1.165) is 5.56 Å². The second-order valence-corrected chi connectivity index (χ2v) is 7.15. The Bertz CT molecular complexity index is 994. The van der Waals surface area contributed by atoms with Crippen molar-refractivity contribution in [1.82, 2.24) is 14.9 Å². The van der Waals surface area contributed by atoms with E-state index in [1.54, 1.807) is 4.57 Å². The van der Waals surface area contributed by atoms with Gasteiger partial charge in [0.1, 0.15) is 5.82 Å².